The molecule has 0 bridgehead atoms. The van der Waals surface area contributed by atoms with Gasteiger partial charge in [-0.05, 0) is 25.8 Å². The summed E-state index contributed by atoms with van der Waals surface area (Å²) in [5.74, 6) is -0.508. The van der Waals surface area contributed by atoms with Crippen molar-refractivity contribution in [2.24, 2.45) is 0 Å². The molecule has 0 aliphatic carbocycles. The van der Waals surface area contributed by atoms with Crippen LogP contribution in [0.2, 0.25) is 18.1 Å². The molecule has 0 N–H and O–H groups in total. The van der Waals surface area contributed by atoms with Crippen molar-refractivity contribution in [1.82, 2.24) is 0 Å². The third kappa shape index (κ3) is 4.09. The monoisotopic (exact) mass is 256 g/mol. The highest BCUT2D eigenvalue weighted by Crippen LogP contribution is 2.36. The number of carbonyl (C=O) groups is 1. The Morgan fingerprint density at radius 2 is 1.53 bits per heavy atom. The van der Waals surface area contributed by atoms with Gasteiger partial charge in [-0.3, -0.25) is 0 Å². The van der Waals surface area contributed by atoms with Crippen molar-refractivity contribution in [2.45, 2.75) is 65.3 Å². The summed E-state index contributed by atoms with van der Waals surface area (Å²) in [6, 6.07) is 0. The van der Waals surface area contributed by atoms with Gasteiger partial charge in [0.1, 0.15) is 5.60 Å². The van der Waals surface area contributed by atoms with E-state index in [2.05, 4.69) is 25.6 Å². The summed E-state index contributed by atoms with van der Waals surface area (Å²) in [7, 11) is -2.17. The summed E-state index contributed by atoms with van der Waals surface area (Å²) in [5, 5.41) is 0.116. The zero-order valence-electron chi connectivity index (χ0n) is 12.2. The van der Waals surface area contributed by atoms with Gasteiger partial charge in [0.05, 0.1) is 0 Å². The number of esters is 1. The Morgan fingerprint density at radius 1 is 1.12 bits per heavy atom. The highest BCUT2D eigenvalue weighted by atomic mass is 28.3. The van der Waals surface area contributed by atoms with E-state index in [1.54, 1.807) is 20.8 Å². The molecule has 0 amide bonds. The molecule has 0 fully saturated rings. The lowest BCUT2D eigenvalue weighted by molar-refractivity contribution is -0.150. The van der Waals surface area contributed by atoms with Crippen LogP contribution in [0, 0.1) is 0 Å². The zero-order chi connectivity index (χ0) is 14.1. The first-order chi connectivity index (χ1) is 7.33. The summed E-state index contributed by atoms with van der Waals surface area (Å²) in [5.41, 5.74) is 8.54. The van der Waals surface area contributed by atoms with Gasteiger partial charge in [0.2, 0.25) is 8.07 Å². The van der Waals surface area contributed by atoms with E-state index < -0.39 is 19.6 Å². The number of carbonyl (C=O) groups excluding carboxylic acids is 1. The Morgan fingerprint density at radius 3 is 1.76 bits per heavy atom. The highest BCUT2D eigenvalue weighted by molar-refractivity contribution is 7.13. The van der Waals surface area contributed by atoms with E-state index in [0.29, 0.717) is 0 Å². The molecule has 0 aliphatic rings. The van der Waals surface area contributed by atoms with Gasteiger partial charge < -0.3 is 10.3 Å². The van der Waals surface area contributed by atoms with Gasteiger partial charge in [-0.25, -0.2) is 4.79 Å². The fourth-order valence-electron chi connectivity index (χ4n) is 1.10. The lowest BCUT2D eigenvalue weighted by atomic mass is 10.2. The summed E-state index contributed by atoms with van der Waals surface area (Å²) in [6.07, 6.45) is 0. The van der Waals surface area contributed by atoms with E-state index in [4.69, 9.17) is 10.3 Å². The van der Waals surface area contributed by atoms with Crippen LogP contribution in [-0.4, -0.2) is 29.8 Å². The average Bonchev–Trinajstić information content (AvgIpc) is 1.98. The molecule has 0 saturated carbocycles. The fourth-order valence-corrected chi connectivity index (χ4v) is 2.62. The van der Waals surface area contributed by atoms with Crippen molar-refractivity contribution >= 4 is 19.4 Å². The molecule has 0 aromatic heterocycles. The molecule has 17 heavy (non-hydrogen) atoms. The van der Waals surface area contributed by atoms with Crippen LogP contribution in [0.3, 0.4) is 0 Å². The third-order valence-corrected chi connectivity index (χ3v) is 8.40. The van der Waals surface area contributed by atoms with Crippen molar-refractivity contribution < 1.29 is 14.3 Å². The summed E-state index contributed by atoms with van der Waals surface area (Å²) >= 11 is 0. The quantitative estimate of drug-likeness (QED) is 0.251. The van der Waals surface area contributed by atoms with E-state index in [1.165, 1.54) is 0 Å². The minimum Gasteiger partial charge on any atom is -0.452 e. The van der Waals surface area contributed by atoms with Crippen LogP contribution >= 0.6 is 0 Å². The Labute approximate surface area is 105 Å². The second-order valence-corrected chi connectivity index (χ2v) is 12.0. The summed E-state index contributed by atoms with van der Waals surface area (Å²) in [6.45, 7) is 15.6. The Balaban J connectivity index is 5.28. The lowest BCUT2D eigenvalue weighted by Gasteiger charge is -2.32. The van der Waals surface area contributed by atoms with Gasteiger partial charge in [-0.2, -0.15) is 4.79 Å². The lowest BCUT2D eigenvalue weighted by Crippen LogP contribution is -2.52. The maximum absolute atomic E-state index is 12.0. The van der Waals surface area contributed by atoms with Gasteiger partial charge in [0.15, 0.2) is 0 Å². The minimum atomic E-state index is -2.17. The largest absolute Gasteiger partial charge is 0.452 e. The molecular formula is C12H24N2O2Si. The molecule has 0 aromatic carbocycles. The molecule has 0 rings (SSSR count). The van der Waals surface area contributed by atoms with Gasteiger partial charge in [0.25, 0.3) is 0 Å². The molecule has 0 aromatic rings. The van der Waals surface area contributed by atoms with Gasteiger partial charge >= 0.3 is 11.3 Å². The van der Waals surface area contributed by atoms with Crippen LogP contribution < -0.4 is 0 Å². The van der Waals surface area contributed by atoms with Crippen molar-refractivity contribution in [3.05, 3.63) is 5.53 Å². The molecule has 0 atom stereocenters. The van der Waals surface area contributed by atoms with E-state index in [0.717, 1.165) is 0 Å². The second-order valence-electron chi connectivity index (χ2n) is 6.83. The van der Waals surface area contributed by atoms with Crippen molar-refractivity contribution in [3.8, 4) is 0 Å². The van der Waals surface area contributed by atoms with Gasteiger partial charge in [-0.1, -0.05) is 33.9 Å². The molecule has 0 radical (unpaired) electrons. The molecule has 0 aliphatic heterocycles. The predicted molar refractivity (Wildman–Crippen MR) is 71.7 cm³/mol. The minimum absolute atomic E-state index is 0.0779. The van der Waals surface area contributed by atoms with Crippen molar-refractivity contribution in [2.75, 3.05) is 0 Å². The molecule has 0 saturated heterocycles. The van der Waals surface area contributed by atoms with Gasteiger partial charge in [-0.15, -0.1) is 0 Å². The first-order valence-electron chi connectivity index (χ1n) is 5.79. The van der Waals surface area contributed by atoms with Crippen LogP contribution in [0.4, 0.5) is 0 Å². The first kappa shape index (κ1) is 16.1. The van der Waals surface area contributed by atoms with Crippen LogP contribution in [-0.2, 0) is 9.53 Å². The van der Waals surface area contributed by atoms with E-state index in [9.17, 15) is 4.79 Å². The first-order valence-corrected chi connectivity index (χ1v) is 8.79. The number of ether oxygens (including phenoxy) is 1. The van der Waals surface area contributed by atoms with E-state index in [-0.39, 0.29) is 10.4 Å². The number of nitrogens with zero attached hydrogens (tertiary/aromatic N) is 2. The SMILES string of the molecule is CC(C)(C)OC(=O)C(=[N+]=[N-])[Si](C)(C)C(C)(C)C. The Bertz CT molecular complexity index is 356. The topological polar surface area (TPSA) is 62.7 Å². The highest BCUT2D eigenvalue weighted by Gasteiger charge is 2.51. The number of hydrogen-bond donors (Lipinski definition) is 0. The predicted octanol–water partition coefficient (Wildman–Crippen LogP) is 3.05. The smallest absolute Gasteiger partial charge is 0.410 e. The molecule has 0 unspecified atom stereocenters. The van der Waals surface area contributed by atoms with Crippen LogP contribution in [0.5, 0.6) is 0 Å². The molecule has 0 spiro atoms. The second kappa shape index (κ2) is 4.74. The maximum Gasteiger partial charge on any atom is 0.410 e. The van der Waals surface area contributed by atoms with Crippen LogP contribution in [0.25, 0.3) is 5.53 Å². The third-order valence-electron chi connectivity index (χ3n) is 3.16. The van der Waals surface area contributed by atoms with Crippen molar-refractivity contribution in [3.63, 3.8) is 0 Å². The number of hydrogen-bond acceptors (Lipinski definition) is 2. The Kier molecular flexibility index (Phi) is 4.48. The van der Waals surface area contributed by atoms with Crippen LogP contribution in [0.15, 0.2) is 0 Å². The van der Waals surface area contributed by atoms with E-state index >= 15 is 0 Å². The average molecular weight is 256 g/mol. The van der Waals surface area contributed by atoms with Crippen molar-refractivity contribution in [1.29, 1.82) is 0 Å². The molecule has 4 nitrogen and oxygen atoms in total. The van der Waals surface area contributed by atoms with Gasteiger partial charge in [0, 0.05) is 0 Å². The van der Waals surface area contributed by atoms with Crippen LogP contribution in [0.1, 0.15) is 41.5 Å². The normalized spacial score (nSPS) is 12.9. The Hall–Kier alpha value is -0.933. The summed E-state index contributed by atoms with van der Waals surface area (Å²) in [4.78, 5) is 15.2. The molecule has 0 heterocycles. The fraction of sp³-hybridized carbons (Fsp3) is 0.833. The molecule has 98 valence electrons. The summed E-state index contributed by atoms with van der Waals surface area (Å²) < 4.78 is 5.28. The number of rotatable bonds is 2. The molecular weight excluding hydrogens is 232 g/mol. The maximum atomic E-state index is 12.0. The standard InChI is InChI=1S/C12H24N2O2Si/c1-11(2,3)16-10(15)9(14-13)17(7,8)12(4,5)6/h1-8H3. The van der Waals surface area contributed by atoms with E-state index in [1.807, 2.05) is 13.1 Å². The zero-order valence-corrected chi connectivity index (χ0v) is 13.2. The molecule has 5 heteroatoms.